The molecule has 0 saturated carbocycles. The van der Waals surface area contributed by atoms with Crippen LogP contribution in [0.5, 0.6) is 0 Å². The molecule has 1 rings (SSSR count). The van der Waals surface area contributed by atoms with E-state index in [1.165, 1.54) is 11.3 Å². The summed E-state index contributed by atoms with van der Waals surface area (Å²) in [6, 6.07) is 0. The van der Waals surface area contributed by atoms with Crippen LogP contribution in [0.25, 0.3) is 0 Å². The largest absolute Gasteiger partial charge is 0.481 e. The number of allylic oxidation sites excluding steroid dienone is 4. The molecule has 2 atom stereocenters. The van der Waals surface area contributed by atoms with E-state index < -0.39 is 11.9 Å². The first-order valence-corrected chi connectivity index (χ1v) is 11.4. The standard InChI is InChI=1S/C24H35NO3S/c1-4-6-7-8-9-10-11-12-13-15-20(14-5-2)23(26)17-16-21(24(27)28)22-18-29-19(3)25-22/h4-5,8-9,18,20-21H,1-2,6-7,10-17H2,3H3,(H,27,28). The zero-order chi connectivity index (χ0) is 21.5. The molecule has 0 radical (unpaired) electrons. The SMILES string of the molecule is C=CCCC=CCCCCCC(CC=C)C(=O)CCC(C(=O)O)c1csc(C)n1. The van der Waals surface area contributed by atoms with Crippen molar-refractivity contribution in [1.29, 1.82) is 0 Å². The molecule has 0 aliphatic carbocycles. The van der Waals surface area contributed by atoms with Crippen LogP contribution in [0.4, 0.5) is 0 Å². The quantitative estimate of drug-likeness (QED) is 0.228. The fourth-order valence-corrected chi connectivity index (χ4v) is 3.99. The number of unbranched alkanes of at least 4 members (excludes halogenated alkanes) is 4. The molecule has 0 fully saturated rings. The fourth-order valence-electron chi connectivity index (χ4n) is 3.32. The molecule has 5 heteroatoms. The molecule has 0 aliphatic rings. The van der Waals surface area contributed by atoms with E-state index in [4.69, 9.17) is 0 Å². The number of carbonyl (C=O) groups is 2. The zero-order valence-corrected chi connectivity index (χ0v) is 18.5. The summed E-state index contributed by atoms with van der Waals surface area (Å²) in [6.07, 6.45) is 16.6. The number of Topliss-reactive ketones (excluding diaryl/α,β-unsaturated/α-hetero) is 1. The minimum atomic E-state index is -0.912. The van der Waals surface area contributed by atoms with Gasteiger partial charge in [-0.15, -0.1) is 24.5 Å². The summed E-state index contributed by atoms with van der Waals surface area (Å²) in [5, 5.41) is 12.1. The monoisotopic (exact) mass is 417 g/mol. The first-order chi connectivity index (χ1) is 14.0. The lowest BCUT2D eigenvalue weighted by atomic mass is 9.88. The van der Waals surface area contributed by atoms with Crippen LogP contribution in [-0.2, 0) is 9.59 Å². The van der Waals surface area contributed by atoms with Crippen molar-refractivity contribution in [3.8, 4) is 0 Å². The molecule has 1 aromatic heterocycles. The number of nitrogens with zero attached hydrogens (tertiary/aromatic N) is 1. The minimum Gasteiger partial charge on any atom is -0.481 e. The van der Waals surface area contributed by atoms with Crippen molar-refractivity contribution < 1.29 is 14.7 Å². The average molecular weight is 418 g/mol. The number of hydrogen-bond acceptors (Lipinski definition) is 4. The van der Waals surface area contributed by atoms with Gasteiger partial charge < -0.3 is 5.11 Å². The summed E-state index contributed by atoms with van der Waals surface area (Å²) < 4.78 is 0. The lowest BCUT2D eigenvalue weighted by Gasteiger charge is -2.15. The van der Waals surface area contributed by atoms with Crippen molar-refractivity contribution in [2.45, 2.75) is 77.0 Å². The zero-order valence-electron chi connectivity index (χ0n) is 17.6. The number of carboxylic acid groups (broad SMARTS) is 1. The normalized spacial score (nSPS) is 13.3. The Bertz CT molecular complexity index is 677. The number of aliphatic carboxylic acids is 1. The number of carbonyl (C=O) groups excluding carboxylic acids is 1. The highest BCUT2D eigenvalue weighted by molar-refractivity contribution is 7.09. The Kier molecular flexibility index (Phi) is 12.9. The molecule has 0 spiro atoms. The van der Waals surface area contributed by atoms with E-state index in [0.717, 1.165) is 50.0 Å². The number of ketones is 1. The van der Waals surface area contributed by atoms with Gasteiger partial charge in [0.05, 0.1) is 10.7 Å². The predicted molar refractivity (Wildman–Crippen MR) is 121 cm³/mol. The van der Waals surface area contributed by atoms with Crippen LogP contribution in [0.2, 0.25) is 0 Å². The maximum absolute atomic E-state index is 12.7. The fraction of sp³-hybridized carbons (Fsp3) is 0.542. The molecule has 4 nitrogen and oxygen atoms in total. The molecule has 0 saturated heterocycles. The summed E-state index contributed by atoms with van der Waals surface area (Å²) in [6.45, 7) is 9.35. The predicted octanol–water partition coefficient (Wildman–Crippen LogP) is 6.63. The maximum atomic E-state index is 12.7. The van der Waals surface area contributed by atoms with E-state index in [1.807, 2.05) is 13.0 Å². The minimum absolute atomic E-state index is 0.0535. The molecule has 0 aliphatic heterocycles. The van der Waals surface area contributed by atoms with Crippen LogP contribution in [0.3, 0.4) is 0 Å². The Balaban J connectivity index is 2.40. The second-order valence-corrected chi connectivity index (χ2v) is 8.45. The van der Waals surface area contributed by atoms with Gasteiger partial charge in [0.15, 0.2) is 0 Å². The first-order valence-electron chi connectivity index (χ1n) is 10.5. The molecule has 1 N–H and O–H groups in total. The second kappa shape index (κ2) is 14.9. The van der Waals surface area contributed by atoms with Gasteiger partial charge in [0.2, 0.25) is 0 Å². The van der Waals surface area contributed by atoms with Gasteiger partial charge in [0.25, 0.3) is 0 Å². The van der Waals surface area contributed by atoms with Crippen molar-refractivity contribution >= 4 is 23.1 Å². The number of carboxylic acids is 1. The van der Waals surface area contributed by atoms with Crippen molar-refractivity contribution in [3.63, 3.8) is 0 Å². The Morgan fingerprint density at radius 3 is 2.48 bits per heavy atom. The summed E-state index contributed by atoms with van der Waals surface area (Å²) in [7, 11) is 0. The van der Waals surface area contributed by atoms with Gasteiger partial charge in [-0.05, 0) is 51.9 Å². The smallest absolute Gasteiger partial charge is 0.312 e. The summed E-state index contributed by atoms with van der Waals surface area (Å²) in [4.78, 5) is 28.6. The first kappa shape index (κ1) is 25.0. The Labute approximate surface area is 179 Å². The highest BCUT2D eigenvalue weighted by atomic mass is 32.1. The van der Waals surface area contributed by atoms with Crippen LogP contribution in [0.15, 0.2) is 42.8 Å². The molecular weight excluding hydrogens is 382 g/mol. The number of rotatable bonds is 17. The van der Waals surface area contributed by atoms with E-state index in [-0.39, 0.29) is 18.1 Å². The third-order valence-electron chi connectivity index (χ3n) is 5.01. The van der Waals surface area contributed by atoms with Gasteiger partial charge in [-0.2, -0.15) is 0 Å². The molecule has 0 amide bonds. The topological polar surface area (TPSA) is 67.3 Å². The van der Waals surface area contributed by atoms with E-state index in [0.29, 0.717) is 18.5 Å². The van der Waals surface area contributed by atoms with E-state index >= 15 is 0 Å². The highest BCUT2D eigenvalue weighted by Crippen LogP contribution is 2.26. The number of aromatic nitrogens is 1. The summed E-state index contributed by atoms with van der Waals surface area (Å²) >= 11 is 1.44. The molecule has 1 heterocycles. The van der Waals surface area contributed by atoms with E-state index in [2.05, 4.69) is 30.3 Å². The maximum Gasteiger partial charge on any atom is 0.312 e. The molecule has 0 bridgehead atoms. The van der Waals surface area contributed by atoms with Crippen molar-refractivity contribution in [1.82, 2.24) is 4.98 Å². The van der Waals surface area contributed by atoms with Gasteiger partial charge >= 0.3 is 5.97 Å². The molecule has 160 valence electrons. The van der Waals surface area contributed by atoms with Crippen LogP contribution < -0.4 is 0 Å². The third kappa shape index (κ3) is 10.4. The van der Waals surface area contributed by atoms with Crippen molar-refractivity contribution in [2.24, 2.45) is 5.92 Å². The Morgan fingerprint density at radius 1 is 1.10 bits per heavy atom. The van der Waals surface area contributed by atoms with Crippen LogP contribution in [0, 0.1) is 12.8 Å². The second-order valence-electron chi connectivity index (χ2n) is 7.38. The summed E-state index contributed by atoms with van der Waals surface area (Å²) in [5.74, 6) is -1.53. The van der Waals surface area contributed by atoms with Gasteiger partial charge in [-0.1, -0.05) is 37.1 Å². The molecule has 0 aromatic carbocycles. The molecule has 1 aromatic rings. The van der Waals surface area contributed by atoms with Gasteiger partial charge in [0, 0.05) is 17.7 Å². The van der Waals surface area contributed by atoms with Crippen LogP contribution >= 0.6 is 11.3 Å². The number of aryl methyl sites for hydroxylation is 1. The number of thiazole rings is 1. The van der Waals surface area contributed by atoms with Crippen molar-refractivity contribution in [2.75, 3.05) is 0 Å². The van der Waals surface area contributed by atoms with E-state index in [9.17, 15) is 14.7 Å². The van der Waals surface area contributed by atoms with Gasteiger partial charge in [-0.25, -0.2) is 4.98 Å². The Hall–Kier alpha value is -2.01. The third-order valence-corrected chi connectivity index (χ3v) is 5.80. The lowest BCUT2D eigenvalue weighted by Crippen LogP contribution is -2.18. The van der Waals surface area contributed by atoms with Crippen molar-refractivity contribution in [3.05, 3.63) is 53.5 Å². The highest BCUT2D eigenvalue weighted by Gasteiger charge is 2.25. The summed E-state index contributed by atoms with van der Waals surface area (Å²) in [5.41, 5.74) is 0.564. The van der Waals surface area contributed by atoms with Gasteiger partial charge in [-0.3, -0.25) is 9.59 Å². The lowest BCUT2D eigenvalue weighted by molar-refractivity contribution is -0.139. The molecule has 2 unspecified atom stereocenters. The molecular formula is C24H35NO3S. The molecule has 29 heavy (non-hydrogen) atoms. The Morgan fingerprint density at radius 2 is 1.86 bits per heavy atom. The van der Waals surface area contributed by atoms with Crippen LogP contribution in [-0.4, -0.2) is 21.8 Å². The van der Waals surface area contributed by atoms with E-state index in [1.54, 1.807) is 11.5 Å². The average Bonchev–Trinajstić information content (AvgIpc) is 3.11. The van der Waals surface area contributed by atoms with Crippen LogP contribution in [0.1, 0.15) is 80.8 Å². The number of hydrogen-bond donors (Lipinski definition) is 1. The van der Waals surface area contributed by atoms with Gasteiger partial charge in [0.1, 0.15) is 11.7 Å².